The van der Waals surface area contributed by atoms with Crippen molar-refractivity contribution in [1.29, 1.82) is 0 Å². The summed E-state index contributed by atoms with van der Waals surface area (Å²) in [5, 5.41) is 10.3. The molecule has 1 aromatic carbocycles. The quantitative estimate of drug-likeness (QED) is 0.149. The van der Waals surface area contributed by atoms with Crippen LogP contribution < -0.4 is 16.0 Å². The van der Waals surface area contributed by atoms with Crippen LogP contribution in [0, 0.1) is 19.3 Å². The van der Waals surface area contributed by atoms with E-state index in [1.807, 2.05) is 46.8 Å². The van der Waals surface area contributed by atoms with Gasteiger partial charge in [0.25, 0.3) is 5.91 Å². The molecule has 0 aliphatic heterocycles. The number of nitrogens with zero attached hydrogens (tertiary/aromatic N) is 3. The number of ketones is 1. The lowest BCUT2D eigenvalue weighted by atomic mass is 9.86. The van der Waals surface area contributed by atoms with Crippen LogP contribution in [-0.4, -0.2) is 58.6 Å². The molecule has 10 nitrogen and oxygen atoms in total. The van der Waals surface area contributed by atoms with Crippen molar-refractivity contribution < 1.29 is 19.1 Å². The first-order chi connectivity index (χ1) is 19.8. The van der Waals surface area contributed by atoms with E-state index < -0.39 is 0 Å². The first kappa shape index (κ1) is 33.4. The molecule has 228 valence electrons. The molecule has 3 rings (SSSR count). The molecule has 0 aliphatic carbocycles. The number of ether oxygens (including phenoxy) is 2. The number of Topliss-reactive ketones (excluding diaryl/α,β-unsaturated/α-hetero) is 1. The number of para-hydroxylation sites is 1. The van der Waals surface area contributed by atoms with Gasteiger partial charge in [0.1, 0.15) is 28.1 Å². The van der Waals surface area contributed by atoms with Crippen molar-refractivity contribution in [2.75, 3.05) is 42.3 Å². The number of hydrogen-bond acceptors (Lipinski definition) is 10. The van der Waals surface area contributed by atoms with E-state index in [4.69, 9.17) is 21.1 Å². The van der Waals surface area contributed by atoms with Crippen LogP contribution in [0.3, 0.4) is 0 Å². The number of anilines is 4. The third kappa shape index (κ3) is 10.3. The zero-order chi connectivity index (χ0) is 30.9. The molecule has 3 N–H and O–H groups in total. The van der Waals surface area contributed by atoms with Crippen molar-refractivity contribution in [2.24, 2.45) is 5.41 Å². The second kappa shape index (κ2) is 14.9. The van der Waals surface area contributed by atoms with Gasteiger partial charge in [-0.25, -0.2) is 15.0 Å². The normalized spacial score (nSPS) is 11.8. The molecular weight excluding hydrogens is 576 g/mol. The number of amides is 1. The van der Waals surface area contributed by atoms with Gasteiger partial charge in [0.05, 0.1) is 29.1 Å². The molecule has 0 spiro atoms. The van der Waals surface area contributed by atoms with E-state index in [9.17, 15) is 9.59 Å². The number of carbonyl (C=O) groups excluding carboxylic acids is 2. The van der Waals surface area contributed by atoms with Crippen LogP contribution in [0.25, 0.3) is 0 Å². The van der Waals surface area contributed by atoms with Gasteiger partial charge in [-0.05, 0) is 59.1 Å². The predicted octanol–water partition coefficient (Wildman–Crippen LogP) is 6.82. The second-order valence-corrected chi connectivity index (χ2v) is 12.8. The molecule has 0 radical (unpaired) electrons. The Morgan fingerprint density at radius 2 is 1.76 bits per heavy atom. The molecule has 42 heavy (non-hydrogen) atoms. The first-order valence-corrected chi connectivity index (χ1v) is 15.1. The molecule has 2 heterocycles. The smallest absolute Gasteiger partial charge is 0.267 e. The van der Waals surface area contributed by atoms with Crippen LogP contribution in [0.2, 0.25) is 5.02 Å². The maximum Gasteiger partial charge on any atom is 0.267 e. The Hall–Kier alpha value is -3.12. The summed E-state index contributed by atoms with van der Waals surface area (Å²) in [6.45, 7) is 15.4. The molecule has 3 aromatic rings. The van der Waals surface area contributed by atoms with Crippen molar-refractivity contribution in [3.63, 3.8) is 0 Å². The standard InChI is InChI=1S/C30H41ClN6O4S/c1-19-9-8-10-22(31)26(19)37-27(39)23-18-33-28(42-23)36-25-17-24(34-21(3)35-25)32-13-16-40-14-12-30(6,7)41-15-11-29(4,5)20(2)38/h8-10,17-18H,11-16H2,1-7H3,(H,37,39)(H2,32,33,34,35,36). The Balaban J connectivity index is 1.43. The minimum atomic E-state index is -0.371. The highest BCUT2D eigenvalue weighted by molar-refractivity contribution is 7.17. The fourth-order valence-electron chi connectivity index (χ4n) is 3.74. The van der Waals surface area contributed by atoms with Crippen molar-refractivity contribution in [2.45, 2.75) is 66.9 Å². The summed E-state index contributed by atoms with van der Waals surface area (Å²) in [5.74, 6) is 1.67. The maximum atomic E-state index is 12.8. The van der Waals surface area contributed by atoms with E-state index in [0.717, 1.165) is 12.0 Å². The number of aromatic nitrogens is 3. The molecule has 0 atom stereocenters. The first-order valence-electron chi connectivity index (χ1n) is 13.9. The lowest BCUT2D eigenvalue weighted by Crippen LogP contribution is -2.30. The number of benzene rings is 1. The summed E-state index contributed by atoms with van der Waals surface area (Å²) in [6.07, 6.45) is 2.94. The Morgan fingerprint density at radius 1 is 1.02 bits per heavy atom. The lowest BCUT2D eigenvalue weighted by molar-refractivity contribution is -0.127. The fourth-order valence-corrected chi connectivity index (χ4v) is 4.72. The van der Waals surface area contributed by atoms with Crippen molar-refractivity contribution in [3.05, 3.63) is 51.7 Å². The van der Waals surface area contributed by atoms with E-state index in [1.165, 1.54) is 17.5 Å². The van der Waals surface area contributed by atoms with Crippen molar-refractivity contribution in [1.82, 2.24) is 15.0 Å². The second-order valence-electron chi connectivity index (χ2n) is 11.3. The highest BCUT2D eigenvalue weighted by Gasteiger charge is 2.25. The number of hydrogen-bond donors (Lipinski definition) is 3. The van der Waals surface area contributed by atoms with E-state index in [1.54, 1.807) is 26.0 Å². The summed E-state index contributed by atoms with van der Waals surface area (Å²) in [7, 11) is 0. The highest BCUT2D eigenvalue weighted by Crippen LogP contribution is 2.28. The molecule has 0 unspecified atom stereocenters. The molecule has 1 amide bonds. The highest BCUT2D eigenvalue weighted by atomic mass is 35.5. The van der Waals surface area contributed by atoms with Crippen LogP contribution in [0.15, 0.2) is 30.5 Å². The number of thiazole rings is 1. The zero-order valence-electron chi connectivity index (χ0n) is 25.4. The molecule has 12 heteroatoms. The van der Waals surface area contributed by atoms with Gasteiger partial charge < -0.3 is 25.4 Å². The van der Waals surface area contributed by atoms with Gasteiger partial charge in [-0.15, -0.1) is 0 Å². The van der Waals surface area contributed by atoms with Gasteiger partial charge in [-0.2, -0.15) is 0 Å². The molecule has 0 bridgehead atoms. The summed E-state index contributed by atoms with van der Waals surface area (Å²) >= 11 is 7.45. The predicted molar refractivity (Wildman–Crippen MR) is 169 cm³/mol. The monoisotopic (exact) mass is 616 g/mol. The van der Waals surface area contributed by atoms with Gasteiger partial charge >= 0.3 is 0 Å². The lowest BCUT2D eigenvalue weighted by Gasteiger charge is -2.28. The average molecular weight is 617 g/mol. The Kier molecular flexibility index (Phi) is 11.8. The molecular formula is C30H41ClN6O4S. The van der Waals surface area contributed by atoms with Gasteiger partial charge in [-0.3, -0.25) is 9.59 Å². The Labute approximate surface area is 257 Å². The SMILES string of the molecule is CC(=O)C(C)(C)CCOC(C)(C)CCOCCNc1cc(Nc2ncc(C(=O)Nc3c(C)cccc3Cl)s2)nc(C)n1. The Morgan fingerprint density at radius 3 is 2.48 bits per heavy atom. The fraction of sp³-hybridized carbons (Fsp3) is 0.500. The van der Waals surface area contributed by atoms with Crippen LogP contribution >= 0.6 is 22.9 Å². The van der Waals surface area contributed by atoms with Crippen LogP contribution in [0.5, 0.6) is 0 Å². The number of halogens is 1. The molecule has 0 saturated heterocycles. The summed E-state index contributed by atoms with van der Waals surface area (Å²) in [6, 6.07) is 7.23. The van der Waals surface area contributed by atoms with Gasteiger partial charge in [0, 0.05) is 31.2 Å². The van der Waals surface area contributed by atoms with Gasteiger partial charge in [0.15, 0.2) is 5.13 Å². The topological polar surface area (TPSA) is 127 Å². The number of carbonyl (C=O) groups is 2. The number of rotatable bonds is 16. The molecule has 2 aromatic heterocycles. The third-order valence-electron chi connectivity index (χ3n) is 6.84. The molecule has 0 saturated carbocycles. The molecule has 0 fully saturated rings. The summed E-state index contributed by atoms with van der Waals surface area (Å²) < 4.78 is 11.8. The van der Waals surface area contributed by atoms with Gasteiger partial charge in [-0.1, -0.05) is 48.9 Å². The minimum Gasteiger partial charge on any atom is -0.380 e. The summed E-state index contributed by atoms with van der Waals surface area (Å²) in [5.41, 5.74) is 0.749. The zero-order valence-corrected chi connectivity index (χ0v) is 27.0. The molecule has 0 aliphatic rings. The average Bonchev–Trinajstić information content (AvgIpc) is 3.36. The number of aryl methyl sites for hydroxylation is 2. The largest absolute Gasteiger partial charge is 0.380 e. The van der Waals surface area contributed by atoms with Crippen molar-refractivity contribution >= 4 is 57.1 Å². The van der Waals surface area contributed by atoms with Crippen LogP contribution in [0.4, 0.5) is 22.5 Å². The van der Waals surface area contributed by atoms with E-state index in [0.29, 0.717) is 71.0 Å². The van der Waals surface area contributed by atoms with E-state index in [-0.39, 0.29) is 22.7 Å². The van der Waals surface area contributed by atoms with Gasteiger partial charge in [0.2, 0.25) is 0 Å². The summed E-state index contributed by atoms with van der Waals surface area (Å²) in [4.78, 5) is 38.1. The van der Waals surface area contributed by atoms with E-state index >= 15 is 0 Å². The van der Waals surface area contributed by atoms with Crippen LogP contribution in [-0.2, 0) is 14.3 Å². The maximum absolute atomic E-state index is 12.8. The minimum absolute atomic E-state index is 0.170. The van der Waals surface area contributed by atoms with Crippen LogP contribution in [0.1, 0.15) is 68.5 Å². The van der Waals surface area contributed by atoms with Crippen molar-refractivity contribution in [3.8, 4) is 0 Å². The van der Waals surface area contributed by atoms with E-state index in [2.05, 4.69) is 30.9 Å². The third-order valence-corrected chi connectivity index (χ3v) is 8.06. The number of nitrogens with one attached hydrogen (secondary N) is 3. The Bertz CT molecular complexity index is 1360.